The Kier molecular flexibility index (Phi) is 16.1. The Morgan fingerprint density at radius 3 is 1.27 bits per heavy atom. The predicted molar refractivity (Wildman–Crippen MR) is 120 cm³/mol. The molecule has 0 aliphatic heterocycles. The largest absolute Gasteiger partial charge is 0.501 e. The highest BCUT2D eigenvalue weighted by molar-refractivity contribution is 6.61. The molecule has 13 heteroatoms. The van der Waals surface area contributed by atoms with E-state index in [1.165, 1.54) is 0 Å². The second kappa shape index (κ2) is 16.0. The van der Waals surface area contributed by atoms with Gasteiger partial charge >= 0.3 is 26.4 Å². The van der Waals surface area contributed by atoms with Gasteiger partial charge in [0.1, 0.15) is 0 Å². The number of hydrogen-bond acceptors (Lipinski definition) is 10. The lowest BCUT2D eigenvalue weighted by Gasteiger charge is -2.29. The Morgan fingerprint density at radius 1 is 0.500 bits per heavy atom. The van der Waals surface area contributed by atoms with Crippen LogP contribution in [0.25, 0.3) is 0 Å². The second-order valence-corrected chi connectivity index (χ2v) is 16.0. The molecule has 1 unspecified atom stereocenters. The van der Waals surface area contributed by atoms with Crippen molar-refractivity contribution in [1.82, 2.24) is 5.32 Å². The molecule has 10 nitrogen and oxygen atoms in total. The van der Waals surface area contributed by atoms with Crippen LogP contribution in [0.15, 0.2) is 0 Å². The molecule has 0 heterocycles. The van der Waals surface area contributed by atoms with Crippen molar-refractivity contribution in [2.75, 3.05) is 70.5 Å². The number of nitrogens with one attached hydrogen (secondary N) is 1. The molecule has 0 rings (SSSR count). The average Bonchev–Trinajstić information content (AvgIpc) is 2.81. The fraction of sp³-hybridized carbons (Fsp3) is 1.00. The molecule has 0 aromatic heterocycles. The highest BCUT2D eigenvalue weighted by Gasteiger charge is 2.40. The van der Waals surface area contributed by atoms with Gasteiger partial charge in [0.05, 0.1) is 0 Å². The molecule has 0 saturated carbocycles. The summed E-state index contributed by atoms with van der Waals surface area (Å²) in [5.74, 6) is 0. The first-order valence-corrected chi connectivity index (χ1v) is 15.8. The summed E-state index contributed by atoms with van der Waals surface area (Å²) >= 11 is 0. The molecule has 0 spiro atoms. The zero-order valence-corrected chi connectivity index (χ0v) is 23.2. The van der Waals surface area contributed by atoms with Gasteiger partial charge < -0.3 is 45.2 Å². The van der Waals surface area contributed by atoms with E-state index in [-0.39, 0.29) is 6.04 Å². The van der Waals surface area contributed by atoms with Gasteiger partial charge in [0.15, 0.2) is 0 Å². The average molecular weight is 490 g/mol. The molecule has 0 bridgehead atoms. The maximum Gasteiger partial charge on any atom is 0.501 e. The van der Waals surface area contributed by atoms with Gasteiger partial charge in [-0.3, -0.25) is 0 Å². The summed E-state index contributed by atoms with van der Waals surface area (Å²) in [4.78, 5) is 0. The molecule has 1 atom stereocenters. The molecular weight excluding hydrogens is 446 g/mol. The van der Waals surface area contributed by atoms with E-state index in [0.29, 0.717) is 18.6 Å². The molecule has 0 aromatic carbocycles. The van der Waals surface area contributed by atoms with Crippen LogP contribution in [0.5, 0.6) is 0 Å². The summed E-state index contributed by atoms with van der Waals surface area (Å²) in [6.07, 6.45) is 2.64. The SMILES string of the molecule is CO[Si](CCCC(CC[Si](OC)(OC)OC)NCC[Si](OC)(OC)OC)(OC)OC. The fourth-order valence-corrected chi connectivity index (χ4v) is 8.49. The van der Waals surface area contributed by atoms with Crippen LogP contribution < -0.4 is 5.32 Å². The minimum atomic E-state index is -2.64. The third kappa shape index (κ3) is 9.40. The molecule has 0 aromatic rings. The fourth-order valence-electron chi connectivity index (χ4n) is 3.36. The van der Waals surface area contributed by atoms with Gasteiger partial charge in [-0.1, -0.05) is 0 Å². The van der Waals surface area contributed by atoms with Crippen LogP contribution in [0.4, 0.5) is 0 Å². The first-order valence-electron chi connectivity index (χ1n) is 10.0. The van der Waals surface area contributed by atoms with Crippen molar-refractivity contribution in [3.63, 3.8) is 0 Å². The molecule has 30 heavy (non-hydrogen) atoms. The highest BCUT2D eigenvalue weighted by Crippen LogP contribution is 2.22. The molecule has 1 N–H and O–H groups in total. The lowest BCUT2D eigenvalue weighted by Crippen LogP contribution is -2.47. The van der Waals surface area contributed by atoms with Gasteiger partial charge in [-0.15, -0.1) is 0 Å². The minimum Gasteiger partial charge on any atom is -0.377 e. The molecule has 0 radical (unpaired) electrons. The molecule has 0 aliphatic carbocycles. The van der Waals surface area contributed by atoms with Gasteiger partial charge in [-0.05, 0) is 25.8 Å². The van der Waals surface area contributed by atoms with E-state index in [1.807, 2.05) is 0 Å². The van der Waals surface area contributed by atoms with Crippen molar-refractivity contribution in [3.8, 4) is 0 Å². The maximum atomic E-state index is 5.57. The van der Waals surface area contributed by atoms with Gasteiger partial charge in [0.25, 0.3) is 0 Å². The molecule has 0 aliphatic rings. The van der Waals surface area contributed by atoms with Crippen molar-refractivity contribution in [2.45, 2.75) is 43.4 Å². The smallest absolute Gasteiger partial charge is 0.377 e. The molecule has 0 fully saturated rings. The second-order valence-electron chi connectivity index (χ2n) is 6.72. The van der Waals surface area contributed by atoms with Crippen LogP contribution in [0, 0.1) is 0 Å². The standard InChI is InChI=1S/C17H43NO9Si3/c1-19-28(20-2,21-3)14-10-11-17(12-15-29(22-4,23-5)24-6)18-13-16-30(25-7,26-8)27-9/h17-18H,10-16H2,1-9H3. The lowest BCUT2D eigenvalue weighted by molar-refractivity contribution is 0.118. The number of rotatable bonds is 20. The van der Waals surface area contributed by atoms with E-state index in [0.717, 1.165) is 25.3 Å². The molecule has 0 saturated heterocycles. The summed E-state index contributed by atoms with van der Waals surface area (Å²) in [7, 11) is 6.81. The van der Waals surface area contributed by atoms with E-state index in [2.05, 4.69) is 5.32 Å². The third-order valence-electron chi connectivity index (χ3n) is 5.50. The lowest BCUT2D eigenvalue weighted by atomic mass is 10.1. The van der Waals surface area contributed by atoms with E-state index >= 15 is 0 Å². The highest BCUT2D eigenvalue weighted by atomic mass is 28.4. The van der Waals surface area contributed by atoms with Crippen molar-refractivity contribution < 1.29 is 39.8 Å². The topological polar surface area (TPSA) is 95.1 Å². The Balaban J connectivity index is 4.99. The zero-order valence-electron chi connectivity index (χ0n) is 20.2. The summed E-state index contributed by atoms with van der Waals surface area (Å²) in [6.45, 7) is 0.704. The van der Waals surface area contributed by atoms with Crippen molar-refractivity contribution in [2.24, 2.45) is 0 Å². The van der Waals surface area contributed by atoms with Crippen molar-refractivity contribution >= 4 is 26.4 Å². The van der Waals surface area contributed by atoms with Gasteiger partial charge in [-0.2, -0.15) is 0 Å². The van der Waals surface area contributed by atoms with Crippen LogP contribution in [-0.4, -0.2) is 103 Å². The van der Waals surface area contributed by atoms with Crippen molar-refractivity contribution in [1.29, 1.82) is 0 Å². The predicted octanol–water partition coefficient (Wildman–Crippen LogP) is 1.75. The van der Waals surface area contributed by atoms with Gasteiger partial charge in [0.2, 0.25) is 0 Å². The van der Waals surface area contributed by atoms with Crippen LogP contribution in [0.1, 0.15) is 19.3 Å². The first-order chi connectivity index (χ1) is 14.3. The van der Waals surface area contributed by atoms with E-state index in [1.54, 1.807) is 64.0 Å². The molecular formula is C17H43NO9Si3. The van der Waals surface area contributed by atoms with Crippen molar-refractivity contribution in [3.05, 3.63) is 0 Å². The Labute approximate surface area is 185 Å². The van der Waals surface area contributed by atoms with Gasteiger partial charge in [-0.25, -0.2) is 0 Å². The summed E-state index contributed by atoms with van der Waals surface area (Å²) in [6, 6.07) is 2.33. The summed E-state index contributed by atoms with van der Waals surface area (Å²) in [5.41, 5.74) is 0. The summed E-state index contributed by atoms with van der Waals surface area (Å²) < 4.78 is 49.8. The quantitative estimate of drug-likeness (QED) is 0.255. The zero-order chi connectivity index (χ0) is 23.1. The van der Waals surface area contributed by atoms with Crippen LogP contribution in [-0.2, 0) is 39.8 Å². The minimum absolute atomic E-state index is 0.215. The summed E-state index contributed by atoms with van der Waals surface area (Å²) in [5, 5.41) is 3.61. The Bertz CT molecular complexity index is 374. The van der Waals surface area contributed by atoms with E-state index in [9.17, 15) is 0 Å². The van der Waals surface area contributed by atoms with E-state index < -0.39 is 26.4 Å². The maximum absolute atomic E-state index is 5.57. The van der Waals surface area contributed by atoms with E-state index in [4.69, 9.17) is 39.8 Å². The number of hydrogen-bond donors (Lipinski definition) is 1. The Hall–Kier alpha value is 0.251. The molecule has 182 valence electrons. The van der Waals surface area contributed by atoms with Crippen LogP contribution >= 0.6 is 0 Å². The van der Waals surface area contributed by atoms with Gasteiger partial charge in [0, 0.05) is 88.2 Å². The van der Waals surface area contributed by atoms with Crippen LogP contribution in [0.3, 0.4) is 0 Å². The monoisotopic (exact) mass is 489 g/mol. The Morgan fingerprint density at radius 2 is 0.867 bits per heavy atom. The molecule has 0 amide bonds. The normalized spacial score (nSPS) is 14.3. The first kappa shape index (κ1) is 30.3. The van der Waals surface area contributed by atoms with Crippen LogP contribution in [0.2, 0.25) is 18.1 Å². The third-order valence-corrected chi connectivity index (χ3v) is 13.8.